The average molecular weight is 299 g/mol. The number of hydrogen-bond donors (Lipinski definition) is 1. The van der Waals surface area contributed by atoms with Crippen molar-refractivity contribution >= 4 is 0 Å². The maximum absolute atomic E-state index is 11.7. The van der Waals surface area contributed by atoms with Crippen LogP contribution < -0.4 is 0 Å². The first-order chi connectivity index (χ1) is 9.39. The first kappa shape index (κ1) is 21.0. The van der Waals surface area contributed by atoms with Crippen LogP contribution in [-0.2, 0) is 0 Å². The lowest BCUT2D eigenvalue weighted by molar-refractivity contribution is -0.166. The predicted molar refractivity (Wildman–Crippen MR) is 95.6 cm³/mol. The summed E-state index contributed by atoms with van der Waals surface area (Å²) in [7, 11) is 0. The minimum atomic E-state index is -0.639. The molecular formula is C20H42O. The molecule has 0 amide bonds. The molecule has 128 valence electrons. The van der Waals surface area contributed by atoms with E-state index in [0.717, 1.165) is 6.42 Å². The van der Waals surface area contributed by atoms with Crippen LogP contribution in [-0.4, -0.2) is 10.7 Å². The molecule has 0 spiro atoms. The summed E-state index contributed by atoms with van der Waals surface area (Å²) in [5.74, 6) is 0. The lowest BCUT2D eigenvalue weighted by Gasteiger charge is -2.54. The fraction of sp³-hybridized carbons (Fsp3) is 1.00. The third-order valence-electron chi connectivity index (χ3n) is 5.45. The van der Waals surface area contributed by atoms with Crippen LogP contribution in [0.3, 0.4) is 0 Å². The number of rotatable bonds is 8. The lowest BCUT2D eigenvalue weighted by Crippen LogP contribution is -2.56. The molecule has 0 aliphatic heterocycles. The minimum absolute atomic E-state index is 0.105. The quantitative estimate of drug-likeness (QED) is 0.536. The van der Waals surface area contributed by atoms with Crippen LogP contribution in [0.2, 0.25) is 0 Å². The summed E-state index contributed by atoms with van der Waals surface area (Å²) < 4.78 is 0. The SMILES string of the molecule is CCCC(CCC)(CCC)CC(O)(C(C)(C)C)C(C)(C)C. The fourth-order valence-corrected chi connectivity index (χ4v) is 4.43. The predicted octanol–water partition coefficient (Wildman–Crippen LogP) is 6.59. The molecule has 0 aromatic heterocycles. The topological polar surface area (TPSA) is 20.2 Å². The van der Waals surface area contributed by atoms with Crippen LogP contribution >= 0.6 is 0 Å². The Labute approximate surface area is 134 Å². The van der Waals surface area contributed by atoms with Gasteiger partial charge in [0.25, 0.3) is 0 Å². The number of hydrogen-bond acceptors (Lipinski definition) is 1. The van der Waals surface area contributed by atoms with Crippen molar-refractivity contribution in [3.8, 4) is 0 Å². The summed E-state index contributed by atoms with van der Waals surface area (Å²) in [4.78, 5) is 0. The first-order valence-electron chi connectivity index (χ1n) is 9.11. The van der Waals surface area contributed by atoms with E-state index >= 15 is 0 Å². The van der Waals surface area contributed by atoms with Crippen LogP contribution in [0, 0.1) is 16.2 Å². The van der Waals surface area contributed by atoms with Gasteiger partial charge in [0.2, 0.25) is 0 Å². The molecular weight excluding hydrogens is 256 g/mol. The van der Waals surface area contributed by atoms with Crippen molar-refractivity contribution in [2.45, 2.75) is 113 Å². The molecule has 21 heavy (non-hydrogen) atoms. The molecule has 0 unspecified atom stereocenters. The Morgan fingerprint density at radius 1 is 0.619 bits per heavy atom. The van der Waals surface area contributed by atoms with Gasteiger partial charge in [0.1, 0.15) is 0 Å². The van der Waals surface area contributed by atoms with E-state index in [1.54, 1.807) is 0 Å². The van der Waals surface area contributed by atoms with Gasteiger partial charge in [-0.25, -0.2) is 0 Å². The normalized spacial score (nSPS) is 14.6. The van der Waals surface area contributed by atoms with Crippen molar-refractivity contribution in [2.24, 2.45) is 16.2 Å². The van der Waals surface area contributed by atoms with Crippen molar-refractivity contribution in [3.63, 3.8) is 0 Å². The molecule has 0 saturated heterocycles. The van der Waals surface area contributed by atoms with Gasteiger partial charge in [-0.15, -0.1) is 0 Å². The summed E-state index contributed by atoms with van der Waals surface area (Å²) in [6.07, 6.45) is 8.29. The third-order valence-corrected chi connectivity index (χ3v) is 5.45. The Kier molecular flexibility index (Phi) is 7.47. The van der Waals surface area contributed by atoms with Crippen molar-refractivity contribution in [1.29, 1.82) is 0 Å². The molecule has 0 aliphatic rings. The monoisotopic (exact) mass is 298 g/mol. The Bertz CT molecular complexity index is 259. The van der Waals surface area contributed by atoms with E-state index < -0.39 is 5.60 Å². The van der Waals surface area contributed by atoms with Crippen LogP contribution in [0.15, 0.2) is 0 Å². The summed E-state index contributed by atoms with van der Waals surface area (Å²) in [5, 5.41) is 11.7. The van der Waals surface area contributed by atoms with Gasteiger partial charge in [-0.2, -0.15) is 0 Å². The van der Waals surface area contributed by atoms with Gasteiger partial charge in [-0.05, 0) is 41.9 Å². The summed E-state index contributed by atoms with van der Waals surface area (Å²) in [6.45, 7) is 20.1. The molecule has 0 aromatic carbocycles. The van der Waals surface area contributed by atoms with Gasteiger partial charge in [-0.1, -0.05) is 81.6 Å². The van der Waals surface area contributed by atoms with Crippen LogP contribution in [0.1, 0.15) is 107 Å². The summed E-state index contributed by atoms with van der Waals surface area (Å²) >= 11 is 0. The van der Waals surface area contributed by atoms with E-state index in [4.69, 9.17) is 0 Å². The first-order valence-corrected chi connectivity index (χ1v) is 9.11. The van der Waals surface area contributed by atoms with Gasteiger partial charge >= 0.3 is 0 Å². The van der Waals surface area contributed by atoms with Crippen LogP contribution in [0.5, 0.6) is 0 Å². The molecule has 0 rings (SSSR count). The van der Waals surface area contributed by atoms with Gasteiger partial charge in [0, 0.05) is 0 Å². The highest BCUT2D eigenvalue weighted by atomic mass is 16.3. The smallest absolute Gasteiger partial charge is 0.0749 e. The second-order valence-electron chi connectivity index (χ2n) is 9.29. The Balaban J connectivity index is 5.71. The van der Waals surface area contributed by atoms with Gasteiger partial charge in [-0.3, -0.25) is 0 Å². The van der Waals surface area contributed by atoms with Gasteiger partial charge in [0.15, 0.2) is 0 Å². The molecule has 0 radical (unpaired) electrons. The zero-order valence-corrected chi connectivity index (χ0v) is 16.4. The van der Waals surface area contributed by atoms with E-state index in [2.05, 4.69) is 62.3 Å². The number of aliphatic hydroxyl groups is 1. The molecule has 1 heteroatoms. The molecule has 0 aromatic rings. The highest BCUT2D eigenvalue weighted by molar-refractivity contribution is 5.03. The molecule has 0 saturated carbocycles. The zero-order chi connectivity index (χ0) is 16.9. The maximum atomic E-state index is 11.7. The molecule has 1 nitrogen and oxygen atoms in total. The summed E-state index contributed by atoms with van der Waals surface area (Å²) in [5.41, 5.74) is -0.551. The second kappa shape index (κ2) is 7.49. The molecule has 0 heterocycles. The van der Waals surface area contributed by atoms with E-state index in [1.165, 1.54) is 38.5 Å². The average Bonchev–Trinajstić information content (AvgIpc) is 2.26. The Morgan fingerprint density at radius 2 is 0.905 bits per heavy atom. The minimum Gasteiger partial charge on any atom is -0.389 e. The fourth-order valence-electron chi connectivity index (χ4n) is 4.43. The van der Waals surface area contributed by atoms with Crippen molar-refractivity contribution in [2.75, 3.05) is 0 Å². The van der Waals surface area contributed by atoms with Crippen LogP contribution in [0.25, 0.3) is 0 Å². The zero-order valence-electron chi connectivity index (χ0n) is 16.4. The van der Waals surface area contributed by atoms with E-state index in [0.29, 0.717) is 5.41 Å². The maximum Gasteiger partial charge on any atom is 0.0749 e. The highest BCUT2D eigenvalue weighted by Gasteiger charge is 2.52. The van der Waals surface area contributed by atoms with Gasteiger partial charge in [0.05, 0.1) is 5.60 Å². The molecule has 1 N–H and O–H groups in total. The molecule has 0 fully saturated rings. The largest absolute Gasteiger partial charge is 0.389 e. The van der Waals surface area contributed by atoms with Crippen molar-refractivity contribution < 1.29 is 5.11 Å². The van der Waals surface area contributed by atoms with Gasteiger partial charge < -0.3 is 5.11 Å². The Morgan fingerprint density at radius 3 is 1.10 bits per heavy atom. The summed E-state index contributed by atoms with van der Waals surface area (Å²) in [6, 6.07) is 0. The molecule has 0 aliphatic carbocycles. The Hall–Kier alpha value is -0.0400. The van der Waals surface area contributed by atoms with Crippen molar-refractivity contribution in [3.05, 3.63) is 0 Å². The van der Waals surface area contributed by atoms with Crippen LogP contribution in [0.4, 0.5) is 0 Å². The standard InChI is InChI=1S/C20H42O/c1-10-13-19(14-11-2,15-12-3)16-20(21,17(4,5)6)18(7,8)9/h21H,10-16H2,1-9H3. The van der Waals surface area contributed by atoms with Crippen molar-refractivity contribution in [1.82, 2.24) is 0 Å². The molecule has 0 atom stereocenters. The second-order valence-corrected chi connectivity index (χ2v) is 9.29. The van der Waals surface area contributed by atoms with E-state index in [9.17, 15) is 5.11 Å². The van der Waals surface area contributed by atoms with E-state index in [1.807, 2.05) is 0 Å². The molecule has 0 bridgehead atoms. The van der Waals surface area contributed by atoms with E-state index in [-0.39, 0.29) is 10.8 Å². The highest BCUT2D eigenvalue weighted by Crippen LogP contribution is 2.53. The lowest BCUT2D eigenvalue weighted by atomic mass is 9.55. The third kappa shape index (κ3) is 4.98.